The molecule has 0 saturated carbocycles. The summed E-state index contributed by atoms with van der Waals surface area (Å²) >= 11 is 0. The molecule has 98 valence electrons. The third-order valence-electron chi connectivity index (χ3n) is 2.63. The minimum absolute atomic E-state index is 0.264. The van der Waals surface area contributed by atoms with Gasteiger partial charge in [-0.3, -0.25) is 0 Å². The van der Waals surface area contributed by atoms with Crippen molar-refractivity contribution < 1.29 is 8.42 Å². The SMILES string of the molecule is CCCN(CCNC)CCS(=O)(=O)C(C)C. The second-order valence-corrected chi connectivity index (χ2v) is 7.04. The van der Waals surface area contributed by atoms with Crippen LogP contribution in [0.1, 0.15) is 27.2 Å². The highest BCUT2D eigenvalue weighted by Gasteiger charge is 2.17. The average molecular weight is 250 g/mol. The molecule has 0 saturated heterocycles. The predicted octanol–water partition coefficient (Wildman–Crippen LogP) is 0.741. The molecule has 0 spiro atoms. The molecule has 5 heteroatoms. The summed E-state index contributed by atoms with van der Waals surface area (Å²) in [4.78, 5) is 2.20. The highest BCUT2D eigenvalue weighted by molar-refractivity contribution is 7.92. The zero-order chi connectivity index (χ0) is 12.6. The van der Waals surface area contributed by atoms with Crippen LogP contribution in [0.4, 0.5) is 0 Å². The molecule has 0 radical (unpaired) electrons. The lowest BCUT2D eigenvalue weighted by molar-refractivity contribution is 0.291. The molecule has 0 bridgehead atoms. The second kappa shape index (κ2) is 8.03. The smallest absolute Gasteiger partial charge is 0.153 e. The highest BCUT2D eigenvalue weighted by Crippen LogP contribution is 2.02. The summed E-state index contributed by atoms with van der Waals surface area (Å²) in [5, 5.41) is 2.82. The molecule has 0 aromatic rings. The Hall–Kier alpha value is -0.130. The quantitative estimate of drug-likeness (QED) is 0.656. The lowest BCUT2D eigenvalue weighted by Gasteiger charge is -2.21. The fraction of sp³-hybridized carbons (Fsp3) is 1.00. The molecule has 0 atom stereocenters. The minimum Gasteiger partial charge on any atom is -0.318 e. The van der Waals surface area contributed by atoms with E-state index in [-0.39, 0.29) is 11.0 Å². The summed E-state index contributed by atoms with van der Waals surface area (Å²) in [6, 6.07) is 0. The molecule has 16 heavy (non-hydrogen) atoms. The molecule has 0 unspecified atom stereocenters. The first-order valence-electron chi connectivity index (χ1n) is 6.02. The molecule has 0 amide bonds. The summed E-state index contributed by atoms with van der Waals surface area (Å²) in [6.07, 6.45) is 1.06. The second-order valence-electron chi connectivity index (χ2n) is 4.36. The van der Waals surface area contributed by atoms with Gasteiger partial charge < -0.3 is 10.2 Å². The van der Waals surface area contributed by atoms with Crippen LogP contribution in [0.2, 0.25) is 0 Å². The van der Waals surface area contributed by atoms with Gasteiger partial charge in [-0.05, 0) is 33.9 Å². The molecule has 0 aliphatic rings. The van der Waals surface area contributed by atoms with E-state index in [1.165, 1.54) is 0 Å². The van der Waals surface area contributed by atoms with E-state index in [9.17, 15) is 8.42 Å². The van der Waals surface area contributed by atoms with E-state index in [0.29, 0.717) is 6.54 Å². The van der Waals surface area contributed by atoms with Crippen LogP contribution in [-0.2, 0) is 9.84 Å². The summed E-state index contributed by atoms with van der Waals surface area (Å²) in [6.45, 7) is 9.04. The average Bonchev–Trinajstić information content (AvgIpc) is 2.22. The van der Waals surface area contributed by atoms with Gasteiger partial charge in [0.1, 0.15) is 0 Å². The number of hydrogen-bond acceptors (Lipinski definition) is 4. The summed E-state index contributed by atoms with van der Waals surface area (Å²) in [7, 11) is -0.987. The van der Waals surface area contributed by atoms with Gasteiger partial charge >= 0.3 is 0 Å². The van der Waals surface area contributed by atoms with Crippen molar-refractivity contribution in [2.75, 3.05) is 39.0 Å². The maximum atomic E-state index is 11.7. The Kier molecular flexibility index (Phi) is 7.97. The molecule has 0 aromatic heterocycles. The highest BCUT2D eigenvalue weighted by atomic mass is 32.2. The van der Waals surface area contributed by atoms with Crippen molar-refractivity contribution in [3.8, 4) is 0 Å². The van der Waals surface area contributed by atoms with Crippen molar-refractivity contribution in [1.29, 1.82) is 0 Å². The zero-order valence-electron chi connectivity index (χ0n) is 11.0. The van der Waals surface area contributed by atoms with E-state index >= 15 is 0 Å². The molecule has 0 heterocycles. The standard InChI is InChI=1S/C11H26N2O2S/c1-5-7-13(8-6-12-4)9-10-16(14,15)11(2)3/h11-12H,5-10H2,1-4H3. The monoisotopic (exact) mass is 250 g/mol. The molecule has 0 rings (SSSR count). The number of nitrogens with zero attached hydrogens (tertiary/aromatic N) is 1. The molecule has 4 nitrogen and oxygen atoms in total. The number of sulfone groups is 1. The zero-order valence-corrected chi connectivity index (χ0v) is 11.8. The van der Waals surface area contributed by atoms with E-state index < -0.39 is 9.84 Å². The largest absolute Gasteiger partial charge is 0.318 e. The van der Waals surface area contributed by atoms with Crippen LogP contribution in [-0.4, -0.2) is 57.5 Å². The first-order valence-corrected chi connectivity index (χ1v) is 7.74. The van der Waals surface area contributed by atoms with Crippen molar-refractivity contribution >= 4 is 9.84 Å². The van der Waals surface area contributed by atoms with Crippen LogP contribution < -0.4 is 5.32 Å². The molecule has 0 aliphatic heterocycles. The number of likely N-dealkylation sites (N-methyl/N-ethyl adjacent to an activating group) is 1. The summed E-state index contributed by atoms with van der Waals surface area (Å²) < 4.78 is 23.3. The Morgan fingerprint density at radius 3 is 2.25 bits per heavy atom. The van der Waals surface area contributed by atoms with Gasteiger partial charge in [-0.2, -0.15) is 0 Å². The number of rotatable bonds is 9. The Balaban J connectivity index is 4.10. The third kappa shape index (κ3) is 6.45. The molecule has 0 aromatic carbocycles. The number of hydrogen-bond donors (Lipinski definition) is 1. The molecular formula is C11H26N2O2S. The molecule has 0 aliphatic carbocycles. The van der Waals surface area contributed by atoms with Crippen molar-refractivity contribution in [3.63, 3.8) is 0 Å². The normalized spacial score (nSPS) is 12.6. The van der Waals surface area contributed by atoms with Crippen molar-refractivity contribution in [2.45, 2.75) is 32.4 Å². The van der Waals surface area contributed by atoms with Gasteiger partial charge in [0.25, 0.3) is 0 Å². The van der Waals surface area contributed by atoms with E-state index in [1.807, 2.05) is 7.05 Å². The van der Waals surface area contributed by atoms with E-state index in [0.717, 1.165) is 26.1 Å². The van der Waals surface area contributed by atoms with Gasteiger partial charge in [0, 0.05) is 19.6 Å². The lowest BCUT2D eigenvalue weighted by Crippen LogP contribution is -2.36. The lowest BCUT2D eigenvalue weighted by atomic mass is 10.4. The van der Waals surface area contributed by atoms with Crippen LogP contribution >= 0.6 is 0 Å². The van der Waals surface area contributed by atoms with Crippen molar-refractivity contribution in [1.82, 2.24) is 10.2 Å². The topological polar surface area (TPSA) is 49.4 Å². The minimum atomic E-state index is -2.90. The predicted molar refractivity (Wildman–Crippen MR) is 69.6 cm³/mol. The van der Waals surface area contributed by atoms with Crippen molar-refractivity contribution in [2.24, 2.45) is 0 Å². The van der Waals surface area contributed by atoms with Gasteiger partial charge in [0.15, 0.2) is 9.84 Å². The van der Waals surface area contributed by atoms with Crippen molar-refractivity contribution in [3.05, 3.63) is 0 Å². The first-order chi connectivity index (χ1) is 7.44. The van der Waals surface area contributed by atoms with Gasteiger partial charge in [-0.15, -0.1) is 0 Å². The molecule has 1 N–H and O–H groups in total. The van der Waals surface area contributed by atoms with Crippen LogP contribution in [0.3, 0.4) is 0 Å². The Morgan fingerprint density at radius 2 is 1.81 bits per heavy atom. The Morgan fingerprint density at radius 1 is 1.19 bits per heavy atom. The van der Waals surface area contributed by atoms with E-state index in [2.05, 4.69) is 17.1 Å². The van der Waals surface area contributed by atoms with Gasteiger partial charge in [0.2, 0.25) is 0 Å². The van der Waals surface area contributed by atoms with Gasteiger partial charge in [-0.1, -0.05) is 6.92 Å². The Bertz CT molecular complexity index is 263. The maximum Gasteiger partial charge on any atom is 0.153 e. The fourth-order valence-electron chi connectivity index (χ4n) is 1.41. The van der Waals surface area contributed by atoms with E-state index in [1.54, 1.807) is 13.8 Å². The fourth-order valence-corrected chi connectivity index (χ4v) is 2.40. The van der Waals surface area contributed by atoms with Crippen LogP contribution in [0.5, 0.6) is 0 Å². The van der Waals surface area contributed by atoms with Crippen LogP contribution in [0.15, 0.2) is 0 Å². The maximum absolute atomic E-state index is 11.7. The number of nitrogens with one attached hydrogen (secondary N) is 1. The van der Waals surface area contributed by atoms with Crippen LogP contribution in [0, 0.1) is 0 Å². The van der Waals surface area contributed by atoms with Gasteiger partial charge in [0.05, 0.1) is 11.0 Å². The van der Waals surface area contributed by atoms with Gasteiger partial charge in [-0.25, -0.2) is 8.42 Å². The molecule has 0 fully saturated rings. The first kappa shape index (κ1) is 15.9. The molecular weight excluding hydrogens is 224 g/mol. The third-order valence-corrected chi connectivity index (χ3v) is 4.82. The summed E-state index contributed by atoms with van der Waals surface area (Å²) in [5.74, 6) is 0.272. The Labute approximate surface area is 100 Å². The van der Waals surface area contributed by atoms with Crippen LogP contribution in [0.25, 0.3) is 0 Å². The summed E-state index contributed by atoms with van der Waals surface area (Å²) in [5.41, 5.74) is 0. The van der Waals surface area contributed by atoms with E-state index in [4.69, 9.17) is 0 Å².